The summed E-state index contributed by atoms with van der Waals surface area (Å²) in [7, 11) is 0. The second-order valence-electron chi connectivity index (χ2n) is 5.56. The molecule has 0 aliphatic heterocycles. The molecule has 0 unspecified atom stereocenters. The molecule has 2 aromatic heterocycles. The minimum atomic E-state index is -0.157. The summed E-state index contributed by atoms with van der Waals surface area (Å²) in [5.41, 5.74) is 5.19. The van der Waals surface area contributed by atoms with Crippen LogP contribution in [0, 0.1) is 3.57 Å². The maximum Gasteiger partial charge on any atom is 0.264 e. The van der Waals surface area contributed by atoms with Crippen molar-refractivity contribution < 1.29 is 4.79 Å². The number of nitrogens with two attached hydrogens (primary N) is 1. The average molecular weight is 508 g/mol. The Morgan fingerprint density at radius 1 is 1.21 bits per heavy atom. The Hall–Kier alpha value is -2.67. The van der Waals surface area contributed by atoms with Crippen LogP contribution in [-0.2, 0) is 4.79 Å². The number of hydrazone groups is 1. The number of pyridine rings is 1. The first-order valence-electron chi connectivity index (χ1n) is 8.12. The highest BCUT2D eigenvalue weighted by molar-refractivity contribution is 14.1. The molecule has 9 nitrogen and oxygen atoms in total. The van der Waals surface area contributed by atoms with Crippen molar-refractivity contribution in [3.05, 3.63) is 57.9 Å². The van der Waals surface area contributed by atoms with Gasteiger partial charge in [0.2, 0.25) is 11.1 Å². The van der Waals surface area contributed by atoms with Gasteiger partial charge >= 0.3 is 0 Å². The molecule has 1 amide bonds. The smallest absolute Gasteiger partial charge is 0.264 e. The fraction of sp³-hybridized carbons (Fsp3) is 0.118. The van der Waals surface area contributed by atoms with Crippen molar-refractivity contribution in [1.29, 1.82) is 0 Å². The van der Waals surface area contributed by atoms with Crippen LogP contribution in [0.15, 0.2) is 59.0 Å². The molecule has 0 fully saturated rings. The molecule has 0 saturated heterocycles. The molecule has 0 aliphatic carbocycles. The van der Waals surface area contributed by atoms with Gasteiger partial charge in [0.05, 0.1) is 11.5 Å². The van der Waals surface area contributed by atoms with Crippen molar-refractivity contribution in [3.8, 4) is 0 Å². The first-order valence-corrected chi connectivity index (χ1v) is 10.2. The van der Waals surface area contributed by atoms with E-state index in [1.165, 1.54) is 16.4 Å². The van der Waals surface area contributed by atoms with Crippen LogP contribution in [0.4, 0.5) is 11.6 Å². The van der Waals surface area contributed by atoms with Gasteiger partial charge in [0.1, 0.15) is 0 Å². The second-order valence-corrected chi connectivity index (χ2v) is 7.75. The molecule has 4 N–H and O–H groups in total. The molecular weight excluding hydrogens is 491 g/mol. The SMILES string of the molecule is C/C(=N\Nc1nnc(SCC(=O)Nc2ccc(I)cc2)n1N)c1ccncc1. The van der Waals surface area contributed by atoms with E-state index in [1.807, 2.05) is 43.3 Å². The summed E-state index contributed by atoms with van der Waals surface area (Å²) in [4.78, 5) is 16.1. The first kappa shape index (κ1) is 20.1. The van der Waals surface area contributed by atoms with E-state index in [0.29, 0.717) is 5.16 Å². The number of anilines is 2. The number of halogens is 1. The quantitative estimate of drug-likeness (QED) is 0.147. The first-order chi connectivity index (χ1) is 13.5. The number of rotatable bonds is 7. The number of carbonyl (C=O) groups excluding carboxylic acids is 1. The summed E-state index contributed by atoms with van der Waals surface area (Å²) < 4.78 is 2.36. The highest BCUT2D eigenvalue weighted by atomic mass is 127. The molecule has 3 aromatic rings. The van der Waals surface area contributed by atoms with Crippen molar-refractivity contribution in [2.45, 2.75) is 12.1 Å². The molecule has 144 valence electrons. The number of nitrogen functional groups attached to an aromatic ring is 1. The van der Waals surface area contributed by atoms with Gasteiger partial charge in [-0.15, -0.1) is 10.2 Å². The van der Waals surface area contributed by atoms with E-state index in [1.54, 1.807) is 12.4 Å². The van der Waals surface area contributed by atoms with Crippen LogP contribution in [0.25, 0.3) is 0 Å². The largest absolute Gasteiger partial charge is 0.334 e. The predicted molar refractivity (Wildman–Crippen MR) is 119 cm³/mol. The Morgan fingerprint density at radius 2 is 1.93 bits per heavy atom. The topological polar surface area (TPSA) is 123 Å². The molecule has 0 saturated carbocycles. The molecule has 1 aromatic carbocycles. The summed E-state index contributed by atoms with van der Waals surface area (Å²) in [5, 5.41) is 15.4. The van der Waals surface area contributed by atoms with E-state index in [2.05, 4.69) is 53.6 Å². The molecule has 3 rings (SSSR count). The molecule has 2 heterocycles. The number of hydrogen-bond donors (Lipinski definition) is 3. The van der Waals surface area contributed by atoms with Gasteiger partial charge < -0.3 is 11.2 Å². The zero-order chi connectivity index (χ0) is 19.9. The number of benzene rings is 1. The molecule has 0 spiro atoms. The number of hydrogen-bond acceptors (Lipinski definition) is 8. The van der Waals surface area contributed by atoms with Gasteiger partial charge in [-0.05, 0) is 65.9 Å². The summed E-state index contributed by atoms with van der Waals surface area (Å²) in [5.74, 6) is 6.25. The molecule has 0 radical (unpaired) electrons. The zero-order valence-electron chi connectivity index (χ0n) is 14.8. The van der Waals surface area contributed by atoms with E-state index in [9.17, 15) is 4.79 Å². The van der Waals surface area contributed by atoms with Crippen LogP contribution in [0.1, 0.15) is 12.5 Å². The van der Waals surface area contributed by atoms with Gasteiger partial charge in [0.15, 0.2) is 0 Å². The van der Waals surface area contributed by atoms with Crippen molar-refractivity contribution in [3.63, 3.8) is 0 Å². The monoisotopic (exact) mass is 508 g/mol. The maximum atomic E-state index is 12.1. The Kier molecular flexibility index (Phi) is 6.81. The third-order valence-corrected chi connectivity index (χ3v) is 5.21. The number of aromatic nitrogens is 4. The third-order valence-electron chi connectivity index (χ3n) is 3.55. The Morgan fingerprint density at radius 3 is 2.64 bits per heavy atom. The van der Waals surface area contributed by atoms with Crippen LogP contribution in [0.2, 0.25) is 0 Å². The lowest BCUT2D eigenvalue weighted by molar-refractivity contribution is -0.113. The molecule has 0 atom stereocenters. The summed E-state index contributed by atoms with van der Waals surface area (Å²) in [6.07, 6.45) is 3.38. The number of nitrogens with one attached hydrogen (secondary N) is 2. The van der Waals surface area contributed by atoms with Gasteiger partial charge in [-0.1, -0.05) is 11.8 Å². The zero-order valence-corrected chi connectivity index (χ0v) is 17.8. The number of thioether (sulfide) groups is 1. The van der Waals surface area contributed by atoms with Crippen LogP contribution in [-0.4, -0.2) is 37.2 Å². The lowest BCUT2D eigenvalue weighted by Gasteiger charge is -2.06. The van der Waals surface area contributed by atoms with Crippen molar-refractivity contribution in [1.82, 2.24) is 19.9 Å². The van der Waals surface area contributed by atoms with Crippen molar-refractivity contribution in [2.75, 3.05) is 22.3 Å². The van der Waals surface area contributed by atoms with E-state index in [4.69, 9.17) is 5.84 Å². The van der Waals surface area contributed by atoms with Gasteiger partial charge in [-0.3, -0.25) is 9.78 Å². The van der Waals surface area contributed by atoms with E-state index >= 15 is 0 Å². The molecule has 0 bridgehead atoms. The summed E-state index contributed by atoms with van der Waals surface area (Å²) in [6.45, 7) is 1.85. The number of amides is 1. The van der Waals surface area contributed by atoms with Crippen LogP contribution >= 0.6 is 34.4 Å². The van der Waals surface area contributed by atoms with Crippen LogP contribution < -0.4 is 16.6 Å². The standard InChI is InChI=1S/C17H17IN8OS/c1-11(12-6-8-20-9-7-12)22-23-16-24-25-17(26(16)19)28-10-15(27)21-14-4-2-13(18)3-5-14/h2-9H,10,19H2,1H3,(H,21,27)(H,23,24)/b22-11+. The maximum absolute atomic E-state index is 12.1. The fourth-order valence-electron chi connectivity index (χ4n) is 2.10. The minimum Gasteiger partial charge on any atom is -0.334 e. The lowest BCUT2D eigenvalue weighted by Crippen LogP contribution is -2.17. The van der Waals surface area contributed by atoms with Gasteiger partial charge in [0.25, 0.3) is 5.95 Å². The molecule has 28 heavy (non-hydrogen) atoms. The van der Waals surface area contributed by atoms with Gasteiger partial charge in [0, 0.05) is 27.2 Å². The van der Waals surface area contributed by atoms with E-state index in [-0.39, 0.29) is 17.6 Å². The number of carbonyl (C=O) groups is 1. The average Bonchev–Trinajstić information content (AvgIpc) is 3.06. The minimum absolute atomic E-state index is 0.153. The Labute approximate surface area is 179 Å². The van der Waals surface area contributed by atoms with Crippen LogP contribution in [0.5, 0.6) is 0 Å². The Bertz CT molecular complexity index is 975. The van der Waals surface area contributed by atoms with Crippen molar-refractivity contribution >= 4 is 57.6 Å². The highest BCUT2D eigenvalue weighted by Gasteiger charge is 2.12. The van der Waals surface area contributed by atoms with Gasteiger partial charge in [-0.2, -0.15) is 5.10 Å². The predicted octanol–water partition coefficient (Wildman–Crippen LogP) is 2.56. The molecular formula is C17H17IN8OS. The molecule has 11 heteroatoms. The summed E-state index contributed by atoms with van der Waals surface area (Å²) in [6, 6.07) is 11.2. The van der Waals surface area contributed by atoms with Crippen molar-refractivity contribution in [2.24, 2.45) is 5.10 Å². The lowest BCUT2D eigenvalue weighted by atomic mass is 10.2. The Balaban J connectivity index is 1.55. The van der Waals surface area contributed by atoms with Gasteiger partial charge in [-0.25, -0.2) is 10.1 Å². The normalized spacial score (nSPS) is 11.3. The molecule has 0 aliphatic rings. The summed E-state index contributed by atoms with van der Waals surface area (Å²) >= 11 is 3.39. The highest BCUT2D eigenvalue weighted by Crippen LogP contribution is 2.18. The second kappa shape index (κ2) is 9.50. The van der Waals surface area contributed by atoms with Crippen LogP contribution in [0.3, 0.4) is 0 Å². The fourth-order valence-corrected chi connectivity index (χ4v) is 3.12. The van der Waals surface area contributed by atoms with E-state index < -0.39 is 0 Å². The third kappa shape index (κ3) is 5.42. The number of nitrogens with zero attached hydrogens (tertiary/aromatic N) is 5. The van der Waals surface area contributed by atoms with E-state index in [0.717, 1.165) is 20.5 Å².